The zero-order valence-corrected chi connectivity index (χ0v) is 12.1. The van der Waals surface area contributed by atoms with E-state index in [1.807, 2.05) is 20.9 Å². The van der Waals surface area contributed by atoms with Gasteiger partial charge in [-0.25, -0.2) is 0 Å². The van der Waals surface area contributed by atoms with Gasteiger partial charge < -0.3 is 5.32 Å². The fourth-order valence-corrected chi connectivity index (χ4v) is 1.95. The van der Waals surface area contributed by atoms with Gasteiger partial charge in [0, 0.05) is 31.9 Å². The van der Waals surface area contributed by atoms with Gasteiger partial charge in [-0.1, -0.05) is 11.6 Å². The van der Waals surface area contributed by atoms with E-state index in [1.54, 1.807) is 22.6 Å². The summed E-state index contributed by atoms with van der Waals surface area (Å²) in [7, 11) is 3.61. The topological polar surface area (TPSA) is 64.7 Å². The smallest absolute Gasteiger partial charge is 0.273 e. The van der Waals surface area contributed by atoms with Gasteiger partial charge in [0.2, 0.25) is 0 Å². The summed E-state index contributed by atoms with van der Waals surface area (Å²) in [6, 6.07) is 0. The molecule has 2 aromatic rings. The number of rotatable bonds is 3. The molecule has 2 aromatic heterocycles. The van der Waals surface area contributed by atoms with Crippen LogP contribution >= 0.6 is 11.6 Å². The second-order valence-corrected chi connectivity index (χ2v) is 4.81. The lowest BCUT2D eigenvalue weighted by atomic mass is 10.2. The molecule has 102 valence electrons. The molecule has 0 aliphatic heterocycles. The summed E-state index contributed by atoms with van der Waals surface area (Å²) in [6.45, 7) is 4.17. The van der Waals surface area contributed by atoms with Crippen LogP contribution in [0.2, 0.25) is 5.02 Å². The molecule has 0 fully saturated rings. The number of amides is 1. The molecule has 0 atom stereocenters. The Balaban J connectivity index is 2.10. The largest absolute Gasteiger partial charge is 0.346 e. The van der Waals surface area contributed by atoms with Crippen LogP contribution in [0, 0.1) is 13.8 Å². The molecule has 7 heteroatoms. The summed E-state index contributed by atoms with van der Waals surface area (Å²) in [4.78, 5) is 12.0. The van der Waals surface area contributed by atoms with Crippen LogP contribution in [0.5, 0.6) is 0 Å². The number of aromatic nitrogens is 4. The molecule has 1 N–H and O–H groups in total. The first-order valence-electron chi connectivity index (χ1n) is 5.86. The normalized spacial score (nSPS) is 10.8. The summed E-state index contributed by atoms with van der Waals surface area (Å²) in [5, 5.41) is 11.4. The maximum atomic E-state index is 12.0. The van der Waals surface area contributed by atoms with Crippen LogP contribution in [0.3, 0.4) is 0 Å². The average molecular weight is 282 g/mol. The number of carbonyl (C=O) groups excluding carboxylic acids is 1. The van der Waals surface area contributed by atoms with Crippen LogP contribution in [0.4, 0.5) is 0 Å². The summed E-state index contributed by atoms with van der Waals surface area (Å²) in [5.74, 6) is -0.281. The van der Waals surface area contributed by atoms with Crippen molar-refractivity contribution >= 4 is 17.5 Å². The van der Waals surface area contributed by atoms with Crippen molar-refractivity contribution in [2.75, 3.05) is 0 Å². The van der Waals surface area contributed by atoms with E-state index in [4.69, 9.17) is 11.6 Å². The predicted molar refractivity (Wildman–Crippen MR) is 72.1 cm³/mol. The van der Waals surface area contributed by atoms with Crippen LogP contribution < -0.4 is 5.32 Å². The van der Waals surface area contributed by atoms with Crippen LogP contribution in [0.25, 0.3) is 0 Å². The zero-order chi connectivity index (χ0) is 14.2. The number of hydrogen-bond acceptors (Lipinski definition) is 3. The molecular weight excluding hydrogens is 266 g/mol. The molecule has 0 radical (unpaired) electrons. The number of hydrogen-bond donors (Lipinski definition) is 1. The summed E-state index contributed by atoms with van der Waals surface area (Å²) in [5.41, 5.74) is 3.01. The molecule has 0 aromatic carbocycles. The summed E-state index contributed by atoms with van der Waals surface area (Å²) < 4.78 is 3.35. The SMILES string of the molecule is Cc1c(CNC(=O)c2nn(C)c(C)c2Cl)cnn1C. The van der Waals surface area contributed by atoms with Gasteiger partial charge in [0.05, 0.1) is 16.9 Å². The molecule has 0 unspecified atom stereocenters. The average Bonchev–Trinajstić information content (AvgIpc) is 2.83. The van der Waals surface area contributed by atoms with Crippen LogP contribution in [-0.4, -0.2) is 25.5 Å². The Morgan fingerprint density at radius 1 is 1.32 bits per heavy atom. The molecule has 0 spiro atoms. The highest BCUT2D eigenvalue weighted by atomic mass is 35.5. The molecule has 6 nitrogen and oxygen atoms in total. The first-order valence-corrected chi connectivity index (χ1v) is 6.24. The quantitative estimate of drug-likeness (QED) is 0.924. The highest BCUT2D eigenvalue weighted by Crippen LogP contribution is 2.19. The number of carbonyl (C=O) groups is 1. The standard InChI is InChI=1S/C12H16ClN5O/c1-7-9(6-15-17(7)3)5-14-12(19)11-10(13)8(2)18(4)16-11/h6H,5H2,1-4H3,(H,14,19). The lowest BCUT2D eigenvalue weighted by molar-refractivity contribution is 0.0945. The Morgan fingerprint density at radius 2 is 2.00 bits per heavy atom. The van der Waals surface area contributed by atoms with E-state index in [1.165, 1.54) is 0 Å². The van der Waals surface area contributed by atoms with Crippen molar-refractivity contribution in [3.05, 3.63) is 33.9 Å². The van der Waals surface area contributed by atoms with E-state index < -0.39 is 0 Å². The first-order chi connectivity index (χ1) is 8.91. The Bertz CT molecular complexity index is 628. The van der Waals surface area contributed by atoms with E-state index in [0.29, 0.717) is 11.6 Å². The number of nitrogens with one attached hydrogen (secondary N) is 1. The van der Waals surface area contributed by atoms with E-state index in [0.717, 1.165) is 17.0 Å². The summed E-state index contributed by atoms with van der Waals surface area (Å²) in [6.07, 6.45) is 1.74. The Labute approximate surface area is 116 Å². The van der Waals surface area contributed by atoms with Crippen molar-refractivity contribution in [2.24, 2.45) is 14.1 Å². The first kappa shape index (κ1) is 13.6. The molecule has 0 aliphatic carbocycles. The fourth-order valence-electron chi connectivity index (χ4n) is 1.70. The third-order valence-electron chi connectivity index (χ3n) is 3.25. The minimum Gasteiger partial charge on any atom is -0.346 e. The molecule has 1 amide bonds. The lowest BCUT2D eigenvalue weighted by Crippen LogP contribution is -2.24. The zero-order valence-electron chi connectivity index (χ0n) is 11.4. The Kier molecular flexibility index (Phi) is 3.61. The fraction of sp³-hybridized carbons (Fsp3) is 0.417. The van der Waals surface area contributed by atoms with E-state index in [9.17, 15) is 4.79 Å². The second kappa shape index (κ2) is 5.05. The number of aryl methyl sites for hydroxylation is 2. The molecular formula is C12H16ClN5O. The second-order valence-electron chi connectivity index (χ2n) is 4.43. The van der Waals surface area contributed by atoms with Crippen molar-refractivity contribution in [3.8, 4) is 0 Å². The van der Waals surface area contributed by atoms with Gasteiger partial charge in [0.15, 0.2) is 5.69 Å². The van der Waals surface area contributed by atoms with Gasteiger partial charge in [0.1, 0.15) is 0 Å². The van der Waals surface area contributed by atoms with E-state index in [-0.39, 0.29) is 11.6 Å². The van der Waals surface area contributed by atoms with Gasteiger partial charge in [-0.2, -0.15) is 10.2 Å². The molecule has 0 aliphatic rings. The minimum absolute atomic E-state index is 0.253. The van der Waals surface area contributed by atoms with Gasteiger partial charge in [-0.05, 0) is 13.8 Å². The van der Waals surface area contributed by atoms with E-state index in [2.05, 4.69) is 15.5 Å². The van der Waals surface area contributed by atoms with Crippen molar-refractivity contribution in [1.29, 1.82) is 0 Å². The number of nitrogens with zero attached hydrogens (tertiary/aromatic N) is 4. The molecule has 0 bridgehead atoms. The van der Waals surface area contributed by atoms with Crippen LogP contribution in [0.1, 0.15) is 27.4 Å². The van der Waals surface area contributed by atoms with E-state index >= 15 is 0 Å². The highest BCUT2D eigenvalue weighted by Gasteiger charge is 2.18. The monoisotopic (exact) mass is 281 g/mol. The maximum Gasteiger partial charge on any atom is 0.273 e. The molecule has 19 heavy (non-hydrogen) atoms. The van der Waals surface area contributed by atoms with Gasteiger partial charge >= 0.3 is 0 Å². The van der Waals surface area contributed by atoms with Crippen molar-refractivity contribution < 1.29 is 4.79 Å². The Morgan fingerprint density at radius 3 is 2.47 bits per heavy atom. The Hall–Kier alpha value is -1.82. The molecule has 0 saturated heterocycles. The third kappa shape index (κ3) is 2.49. The van der Waals surface area contributed by atoms with Crippen molar-refractivity contribution in [1.82, 2.24) is 24.9 Å². The summed E-state index contributed by atoms with van der Waals surface area (Å²) >= 11 is 6.07. The van der Waals surface area contributed by atoms with Crippen LogP contribution in [0.15, 0.2) is 6.20 Å². The van der Waals surface area contributed by atoms with Crippen molar-refractivity contribution in [2.45, 2.75) is 20.4 Å². The van der Waals surface area contributed by atoms with Gasteiger partial charge in [-0.3, -0.25) is 14.2 Å². The third-order valence-corrected chi connectivity index (χ3v) is 3.70. The van der Waals surface area contributed by atoms with Crippen LogP contribution in [-0.2, 0) is 20.6 Å². The molecule has 2 rings (SSSR count). The highest BCUT2D eigenvalue weighted by molar-refractivity contribution is 6.34. The maximum absolute atomic E-state index is 12.0. The molecule has 2 heterocycles. The lowest BCUT2D eigenvalue weighted by Gasteiger charge is -2.03. The predicted octanol–water partition coefficient (Wildman–Crippen LogP) is 1.35. The number of halogens is 1. The van der Waals surface area contributed by atoms with Gasteiger partial charge in [0.25, 0.3) is 5.91 Å². The minimum atomic E-state index is -0.281. The van der Waals surface area contributed by atoms with Gasteiger partial charge in [-0.15, -0.1) is 0 Å². The molecule has 0 saturated carbocycles. The van der Waals surface area contributed by atoms with Crippen molar-refractivity contribution in [3.63, 3.8) is 0 Å².